The number of hydrogen-bond donors (Lipinski definition) is 0. The quantitative estimate of drug-likeness (QED) is 0.579. The van der Waals surface area contributed by atoms with Gasteiger partial charge in [0.1, 0.15) is 11.0 Å². The first-order valence-corrected chi connectivity index (χ1v) is 3.66. The maximum absolute atomic E-state index is 3.95. The van der Waals surface area contributed by atoms with Gasteiger partial charge in [-0.2, -0.15) is 5.11 Å². The summed E-state index contributed by atoms with van der Waals surface area (Å²) >= 11 is 0. The van der Waals surface area contributed by atoms with E-state index in [1.165, 1.54) is 4.79 Å². The van der Waals surface area contributed by atoms with Gasteiger partial charge in [0, 0.05) is 5.56 Å². The molecule has 2 heterocycles. The van der Waals surface area contributed by atoms with Crippen LogP contribution in [0.15, 0.2) is 28.5 Å². The molecule has 1 aromatic carbocycles. The van der Waals surface area contributed by atoms with E-state index >= 15 is 0 Å². The first-order valence-electron chi connectivity index (χ1n) is 3.66. The van der Waals surface area contributed by atoms with E-state index in [-0.39, 0.29) is 0 Å². The zero-order valence-electron chi connectivity index (χ0n) is 6.18. The van der Waals surface area contributed by atoms with Crippen LogP contribution in [0.3, 0.4) is 0 Å². The molecule has 0 fully saturated rings. The van der Waals surface area contributed by atoms with Gasteiger partial charge in [0.2, 0.25) is 0 Å². The van der Waals surface area contributed by atoms with Crippen molar-refractivity contribution in [2.24, 2.45) is 10.3 Å². The molecule has 5 heteroatoms. The summed E-state index contributed by atoms with van der Waals surface area (Å²) in [5, 5.41) is 15.5. The Balaban J connectivity index is 2.57. The van der Waals surface area contributed by atoms with E-state index < -0.39 is 0 Å². The first kappa shape index (κ1) is 5.82. The standard InChI is InChI=1S/C7H5N5/c1-2-5-4-8-10-12-7(5)6(3-1)9-11-12/h1-3H,4H2. The van der Waals surface area contributed by atoms with Crippen LogP contribution < -0.4 is 0 Å². The van der Waals surface area contributed by atoms with Crippen LogP contribution >= 0.6 is 0 Å². The summed E-state index contributed by atoms with van der Waals surface area (Å²) in [6, 6.07) is 5.89. The molecule has 1 aromatic heterocycles. The van der Waals surface area contributed by atoms with Crippen LogP contribution in [0.5, 0.6) is 0 Å². The van der Waals surface area contributed by atoms with Gasteiger partial charge in [-0.1, -0.05) is 12.1 Å². The normalized spacial score (nSPS) is 14.0. The molecule has 3 rings (SSSR count). The third-order valence-electron chi connectivity index (χ3n) is 1.92. The van der Waals surface area contributed by atoms with Crippen molar-refractivity contribution in [3.63, 3.8) is 0 Å². The summed E-state index contributed by atoms with van der Waals surface area (Å²) in [6.45, 7) is 0.630. The summed E-state index contributed by atoms with van der Waals surface area (Å²) in [7, 11) is 0. The topological polar surface area (TPSA) is 55.4 Å². The summed E-state index contributed by atoms with van der Waals surface area (Å²) in [6.07, 6.45) is 0. The average molecular weight is 159 g/mol. The minimum Gasteiger partial charge on any atom is -0.164 e. The molecule has 5 nitrogen and oxygen atoms in total. The van der Waals surface area contributed by atoms with Gasteiger partial charge in [-0.15, -0.1) is 9.89 Å². The fourth-order valence-corrected chi connectivity index (χ4v) is 1.38. The van der Waals surface area contributed by atoms with E-state index in [9.17, 15) is 0 Å². The second-order valence-corrected chi connectivity index (χ2v) is 2.65. The Morgan fingerprint density at radius 1 is 1.33 bits per heavy atom. The molecule has 0 unspecified atom stereocenters. The van der Waals surface area contributed by atoms with Gasteiger partial charge >= 0.3 is 0 Å². The zero-order chi connectivity index (χ0) is 7.97. The molecule has 2 aromatic rings. The van der Waals surface area contributed by atoms with E-state index in [4.69, 9.17) is 0 Å². The van der Waals surface area contributed by atoms with E-state index in [2.05, 4.69) is 20.6 Å². The lowest BCUT2D eigenvalue weighted by atomic mass is 10.2. The van der Waals surface area contributed by atoms with Crippen molar-refractivity contribution in [3.8, 4) is 0 Å². The lowest BCUT2D eigenvalue weighted by molar-refractivity contribution is 0.630. The van der Waals surface area contributed by atoms with Gasteiger partial charge < -0.3 is 0 Å². The van der Waals surface area contributed by atoms with E-state index in [0.29, 0.717) is 6.54 Å². The molecule has 0 atom stereocenters. The van der Waals surface area contributed by atoms with Crippen LogP contribution in [0.2, 0.25) is 0 Å². The highest BCUT2D eigenvalue weighted by molar-refractivity contribution is 5.78. The second kappa shape index (κ2) is 1.88. The van der Waals surface area contributed by atoms with Crippen LogP contribution in [0, 0.1) is 0 Å². The van der Waals surface area contributed by atoms with E-state index in [1.54, 1.807) is 0 Å². The molecule has 0 bridgehead atoms. The van der Waals surface area contributed by atoms with E-state index in [0.717, 1.165) is 16.6 Å². The Morgan fingerprint density at radius 3 is 3.33 bits per heavy atom. The van der Waals surface area contributed by atoms with Gasteiger partial charge in [-0.05, 0) is 16.5 Å². The fraction of sp³-hybridized carbons (Fsp3) is 0.143. The Bertz CT molecular complexity index is 470. The number of benzene rings is 1. The Morgan fingerprint density at radius 2 is 2.33 bits per heavy atom. The SMILES string of the molecule is c1cc2c3c(c1)nnn3N=NC2. The molecular formula is C7H5N5. The minimum absolute atomic E-state index is 0.630. The molecule has 58 valence electrons. The first-order chi connectivity index (χ1) is 5.95. The molecule has 0 amide bonds. The number of para-hydroxylation sites is 1. The lowest BCUT2D eigenvalue weighted by Crippen LogP contribution is -1.98. The number of aromatic nitrogens is 3. The van der Waals surface area contributed by atoms with Crippen molar-refractivity contribution in [2.75, 3.05) is 0 Å². The number of rotatable bonds is 0. The summed E-state index contributed by atoms with van der Waals surface area (Å²) in [4.78, 5) is 1.47. The minimum atomic E-state index is 0.630. The molecular weight excluding hydrogens is 154 g/mol. The van der Waals surface area contributed by atoms with Gasteiger partial charge in [-0.3, -0.25) is 0 Å². The molecule has 0 aliphatic carbocycles. The van der Waals surface area contributed by atoms with Crippen molar-refractivity contribution < 1.29 is 0 Å². The maximum Gasteiger partial charge on any atom is 0.122 e. The van der Waals surface area contributed by atoms with Crippen LogP contribution in [0.1, 0.15) is 5.56 Å². The Hall–Kier alpha value is -1.78. The molecule has 1 aliphatic rings. The van der Waals surface area contributed by atoms with Crippen molar-refractivity contribution >= 4 is 11.0 Å². The van der Waals surface area contributed by atoms with Crippen LogP contribution in [0.25, 0.3) is 11.0 Å². The smallest absolute Gasteiger partial charge is 0.122 e. The van der Waals surface area contributed by atoms with Gasteiger partial charge in [-0.25, -0.2) is 0 Å². The van der Waals surface area contributed by atoms with Gasteiger partial charge in [0.25, 0.3) is 0 Å². The van der Waals surface area contributed by atoms with Crippen LogP contribution in [0.4, 0.5) is 0 Å². The Kier molecular flexibility index (Phi) is 0.910. The lowest BCUT2D eigenvalue weighted by Gasteiger charge is -2.03. The van der Waals surface area contributed by atoms with Crippen molar-refractivity contribution in [3.05, 3.63) is 23.8 Å². The molecule has 0 saturated heterocycles. The van der Waals surface area contributed by atoms with Crippen LogP contribution in [-0.4, -0.2) is 15.1 Å². The second-order valence-electron chi connectivity index (χ2n) is 2.65. The summed E-state index contributed by atoms with van der Waals surface area (Å²) < 4.78 is 0. The van der Waals surface area contributed by atoms with E-state index in [1.807, 2.05) is 18.2 Å². The predicted octanol–water partition coefficient (Wildman–Crippen LogP) is 1.16. The summed E-state index contributed by atoms with van der Waals surface area (Å²) in [5.74, 6) is 0. The van der Waals surface area contributed by atoms with Crippen molar-refractivity contribution in [1.29, 1.82) is 0 Å². The van der Waals surface area contributed by atoms with Crippen LogP contribution in [-0.2, 0) is 6.54 Å². The highest BCUT2D eigenvalue weighted by Crippen LogP contribution is 2.20. The highest BCUT2D eigenvalue weighted by atomic mass is 15.6. The highest BCUT2D eigenvalue weighted by Gasteiger charge is 2.11. The Labute approximate surface area is 67.7 Å². The van der Waals surface area contributed by atoms with Gasteiger partial charge in [0.05, 0.1) is 6.54 Å². The molecule has 1 aliphatic heterocycles. The van der Waals surface area contributed by atoms with Crippen molar-refractivity contribution in [1.82, 2.24) is 15.1 Å². The number of nitrogens with zero attached hydrogens (tertiary/aromatic N) is 5. The third kappa shape index (κ3) is 0.578. The molecule has 0 spiro atoms. The predicted molar refractivity (Wildman–Crippen MR) is 41.5 cm³/mol. The molecule has 12 heavy (non-hydrogen) atoms. The number of hydrogen-bond acceptors (Lipinski definition) is 4. The van der Waals surface area contributed by atoms with Crippen molar-refractivity contribution in [2.45, 2.75) is 6.54 Å². The maximum atomic E-state index is 3.95. The zero-order valence-corrected chi connectivity index (χ0v) is 6.18. The third-order valence-corrected chi connectivity index (χ3v) is 1.92. The summed E-state index contributed by atoms with van der Waals surface area (Å²) in [5.41, 5.74) is 2.99. The van der Waals surface area contributed by atoms with Gasteiger partial charge in [0.15, 0.2) is 0 Å². The molecule has 0 saturated carbocycles. The average Bonchev–Trinajstić information content (AvgIpc) is 2.52. The fourth-order valence-electron chi connectivity index (χ4n) is 1.38. The molecule has 0 N–H and O–H groups in total. The molecule has 0 radical (unpaired) electrons. The largest absolute Gasteiger partial charge is 0.164 e. The monoisotopic (exact) mass is 159 g/mol.